The number of hydrogen-bond acceptors (Lipinski definition) is 3. The van der Waals surface area contributed by atoms with Crippen LogP contribution < -0.4 is 14.8 Å². The molecule has 1 aliphatic rings. The molecule has 0 unspecified atom stereocenters. The number of anilines is 1. The van der Waals surface area contributed by atoms with Crippen molar-refractivity contribution in [3.63, 3.8) is 0 Å². The first kappa shape index (κ1) is 21.6. The number of hydrogen-bond donors (Lipinski definition) is 1. The Morgan fingerprint density at radius 3 is 2.47 bits per heavy atom. The summed E-state index contributed by atoms with van der Waals surface area (Å²) in [5, 5.41) is 2.93. The predicted molar refractivity (Wildman–Crippen MR) is 128 cm³/mol. The van der Waals surface area contributed by atoms with Crippen molar-refractivity contribution in [2.75, 3.05) is 19.5 Å². The van der Waals surface area contributed by atoms with Crippen molar-refractivity contribution in [1.29, 1.82) is 0 Å². The van der Waals surface area contributed by atoms with Crippen molar-refractivity contribution in [1.82, 2.24) is 9.47 Å². The van der Waals surface area contributed by atoms with Crippen LogP contribution in [-0.4, -0.2) is 29.7 Å². The highest BCUT2D eigenvalue weighted by Gasteiger charge is 2.33. The Kier molecular flexibility index (Phi) is 5.67. The maximum Gasteiger partial charge on any atom is 0.322 e. The van der Waals surface area contributed by atoms with E-state index in [0.29, 0.717) is 23.7 Å². The largest absolute Gasteiger partial charge is 0.493 e. The summed E-state index contributed by atoms with van der Waals surface area (Å²) in [4.78, 5) is 15.4. The van der Waals surface area contributed by atoms with Gasteiger partial charge in [0.15, 0.2) is 11.5 Å². The lowest BCUT2D eigenvalue weighted by molar-refractivity contribution is 0.194. The summed E-state index contributed by atoms with van der Waals surface area (Å²) in [7, 11) is 3.18. The van der Waals surface area contributed by atoms with Gasteiger partial charge in [-0.05, 0) is 65.7 Å². The zero-order chi connectivity index (χ0) is 23.7. The number of methoxy groups -OCH3 is 2. The van der Waals surface area contributed by atoms with E-state index in [1.807, 2.05) is 60.8 Å². The Hall–Kier alpha value is -4.26. The first-order valence-corrected chi connectivity index (χ1v) is 10.9. The van der Waals surface area contributed by atoms with Gasteiger partial charge in [-0.3, -0.25) is 0 Å². The van der Waals surface area contributed by atoms with E-state index in [1.54, 1.807) is 31.3 Å². The second-order valence-corrected chi connectivity index (χ2v) is 8.01. The third-order valence-electron chi connectivity index (χ3n) is 6.04. The lowest BCUT2D eigenvalue weighted by Gasteiger charge is -2.31. The summed E-state index contributed by atoms with van der Waals surface area (Å²) in [6, 6.07) is 22.7. The molecule has 0 radical (unpaired) electrons. The number of para-hydroxylation sites is 1. The fourth-order valence-corrected chi connectivity index (χ4v) is 4.44. The topological polar surface area (TPSA) is 55.7 Å². The second kappa shape index (κ2) is 8.94. The number of carbonyl (C=O) groups excluding carboxylic acids is 1. The molecule has 2 amide bonds. The highest BCUT2D eigenvalue weighted by atomic mass is 19.1. The molecule has 34 heavy (non-hydrogen) atoms. The Balaban J connectivity index is 1.64. The highest BCUT2D eigenvalue weighted by Crippen LogP contribution is 2.39. The van der Waals surface area contributed by atoms with Crippen LogP contribution in [0.2, 0.25) is 0 Å². The number of nitrogens with one attached hydrogen (secondary N) is 1. The number of nitrogens with zero attached hydrogens (tertiary/aromatic N) is 2. The van der Waals surface area contributed by atoms with Crippen LogP contribution >= 0.6 is 0 Å². The Bertz CT molecular complexity index is 1330. The molecular formula is C27H24FN3O3. The van der Waals surface area contributed by atoms with Gasteiger partial charge >= 0.3 is 6.03 Å². The summed E-state index contributed by atoms with van der Waals surface area (Å²) in [6.07, 6.45) is 2.00. The van der Waals surface area contributed by atoms with Gasteiger partial charge in [-0.2, -0.15) is 0 Å². The Morgan fingerprint density at radius 1 is 0.941 bits per heavy atom. The van der Waals surface area contributed by atoms with Crippen LogP contribution in [0.25, 0.3) is 5.69 Å². The molecule has 0 bridgehead atoms. The number of halogens is 1. The van der Waals surface area contributed by atoms with Crippen molar-refractivity contribution in [3.05, 3.63) is 108 Å². The lowest BCUT2D eigenvalue weighted by Crippen LogP contribution is -2.37. The average Bonchev–Trinajstić information content (AvgIpc) is 3.29. The van der Waals surface area contributed by atoms with Crippen LogP contribution in [0.1, 0.15) is 22.9 Å². The van der Waals surface area contributed by atoms with Crippen LogP contribution in [0, 0.1) is 5.82 Å². The third-order valence-corrected chi connectivity index (χ3v) is 6.04. The Morgan fingerprint density at radius 2 is 1.71 bits per heavy atom. The van der Waals surface area contributed by atoms with Gasteiger partial charge in [-0.1, -0.05) is 24.3 Å². The molecule has 7 heteroatoms. The summed E-state index contributed by atoms with van der Waals surface area (Å²) in [5.74, 6) is 0.836. The van der Waals surface area contributed by atoms with Gasteiger partial charge in [0.2, 0.25) is 0 Å². The molecule has 1 aliphatic heterocycles. The van der Waals surface area contributed by atoms with Crippen LogP contribution in [0.5, 0.6) is 11.5 Å². The predicted octanol–water partition coefficient (Wildman–Crippen LogP) is 5.77. The van der Waals surface area contributed by atoms with Crippen molar-refractivity contribution in [2.24, 2.45) is 0 Å². The van der Waals surface area contributed by atoms with E-state index in [2.05, 4.69) is 9.88 Å². The monoisotopic (exact) mass is 457 g/mol. The molecule has 172 valence electrons. The fourth-order valence-electron chi connectivity index (χ4n) is 4.44. The van der Waals surface area contributed by atoms with Gasteiger partial charge in [0, 0.05) is 17.6 Å². The lowest BCUT2D eigenvalue weighted by atomic mass is 10.0. The SMILES string of the molecule is COc1ccc([C@H]2c3cccn3-c3ccccc3CN2C(=O)Nc2ccc(F)cc2)cc1OC. The first-order valence-electron chi connectivity index (χ1n) is 10.9. The maximum absolute atomic E-state index is 13.7. The van der Waals surface area contributed by atoms with Gasteiger partial charge in [0.05, 0.1) is 32.5 Å². The number of urea groups is 1. The van der Waals surface area contributed by atoms with Gasteiger partial charge in [-0.15, -0.1) is 0 Å². The minimum atomic E-state index is -0.414. The van der Waals surface area contributed by atoms with Gasteiger partial charge < -0.3 is 24.3 Å². The number of ether oxygens (including phenoxy) is 2. The maximum atomic E-state index is 13.7. The fraction of sp³-hybridized carbons (Fsp3) is 0.148. The van der Waals surface area contributed by atoms with E-state index in [0.717, 1.165) is 22.5 Å². The molecule has 3 aromatic carbocycles. The molecule has 0 aliphatic carbocycles. The molecular weight excluding hydrogens is 433 g/mol. The molecule has 1 aromatic heterocycles. The summed E-state index contributed by atoms with van der Waals surface area (Å²) < 4.78 is 26.5. The minimum absolute atomic E-state index is 0.296. The summed E-state index contributed by atoms with van der Waals surface area (Å²) in [6.45, 7) is 0.379. The minimum Gasteiger partial charge on any atom is -0.493 e. The van der Waals surface area contributed by atoms with Crippen molar-refractivity contribution in [2.45, 2.75) is 12.6 Å². The van der Waals surface area contributed by atoms with Crippen LogP contribution in [0.3, 0.4) is 0 Å². The van der Waals surface area contributed by atoms with Gasteiger partial charge in [0.1, 0.15) is 5.82 Å². The summed E-state index contributed by atoms with van der Waals surface area (Å²) >= 11 is 0. The molecule has 6 nitrogen and oxygen atoms in total. The molecule has 0 fully saturated rings. The molecule has 5 rings (SSSR count). The Labute approximate surface area is 197 Å². The van der Waals surface area contributed by atoms with Gasteiger partial charge in [0.25, 0.3) is 0 Å². The van der Waals surface area contributed by atoms with E-state index in [-0.39, 0.29) is 11.8 Å². The second-order valence-electron chi connectivity index (χ2n) is 8.01. The first-order chi connectivity index (χ1) is 16.6. The molecule has 0 saturated heterocycles. The van der Waals surface area contributed by atoms with Crippen LogP contribution in [0.4, 0.5) is 14.9 Å². The highest BCUT2D eigenvalue weighted by molar-refractivity contribution is 5.90. The van der Waals surface area contributed by atoms with E-state index in [4.69, 9.17) is 9.47 Å². The molecule has 1 N–H and O–H groups in total. The normalized spacial score (nSPS) is 14.6. The zero-order valence-corrected chi connectivity index (χ0v) is 18.9. The molecule has 1 atom stereocenters. The van der Waals surface area contributed by atoms with Crippen LogP contribution in [0.15, 0.2) is 85.1 Å². The number of rotatable bonds is 4. The number of amides is 2. The molecule has 2 heterocycles. The van der Waals surface area contributed by atoms with E-state index in [9.17, 15) is 9.18 Å². The van der Waals surface area contributed by atoms with Crippen molar-refractivity contribution in [3.8, 4) is 17.2 Å². The molecule has 0 spiro atoms. The van der Waals surface area contributed by atoms with Gasteiger partial charge in [-0.25, -0.2) is 9.18 Å². The van der Waals surface area contributed by atoms with Crippen LogP contribution in [-0.2, 0) is 6.54 Å². The van der Waals surface area contributed by atoms with E-state index >= 15 is 0 Å². The summed E-state index contributed by atoms with van der Waals surface area (Å²) in [5.41, 5.74) is 4.36. The van der Waals surface area contributed by atoms with E-state index < -0.39 is 6.04 Å². The smallest absolute Gasteiger partial charge is 0.322 e. The molecule has 0 saturated carbocycles. The number of carbonyl (C=O) groups is 1. The average molecular weight is 458 g/mol. The standard InChI is InChI=1S/C27H24FN3O3/c1-33-24-14-9-18(16-25(24)34-2)26-23-8-5-15-30(23)22-7-4-3-6-19(22)17-31(26)27(32)29-21-12-10-20(28)11-13-21/h3-16,26H,17H2,1-2H3,(H,29,32)/t26-/m0/s1. The van der Waals surface area contributed by atoms with Crippen molar-refractivity contribution < 1.29 is 18.7 Å². The number of fused-ring (bicyclic) bond motifs is 3. The zero-order valence-electron chi connectivity index (χ0n) is 18.9. The quantitative estimate of drug-likeness (QED) is 0.423. The molecule has 4 aromatic rings. The van der Waals surface area contributed by atoms with E-state index in [1.165, 1.54) is 12.1 Å². The van der Waals surface area contributed by atoms with Crippen molar-refractivity contribution >= 4 is 11.7 Å². The number of aromatic nitrogens is 1. The third kappa shape index (κ3) is 3.85. The number of benzene rings is 3.